The molecule has 1 aromatic carbocycles. The fourth-order valence-corrected chi connectivity index (χ4v) is 1.55. The first-order valence-corrected chi connectivity index (χ1v) is 5.68. The molecule has 0 amide bonds. The predicted molar refractivity (Wildman–Crippen MR) is 64.0 cm³/mol. The Hall–Kier alpha value is -1.55. The summed E-state index contributed by atoms with van der Waals surface area (Å²) >= 11 is 0. The molecule has 0 spiro atoms. The molecule has 0 bridgehead atoms. The third-order valence-corrected chi connectivity index (χ3v) is 2.55. The maximum absolute atomic E-state index is 10.7. The zero-order valence-electron chi connectivity index (χ0n) is 10.1. The van der Waals surface area contributed by atoms with Crippen molar-refractivity contribution in [2.24, 2.45) is 5.92 Å². The van der Waals surface area contributed by atoms with Crippen molar-refractivity contribution in [1.82, 2.24) is 0 Å². The number of hydrogen-bond acceptors (Lipinski definition) is 3. The van der Waals surface area contributed by atoms with Gasteiger partial charge < -0.3 is 14.9 Å². The minimum absolute atomic E-state index is 0.199. The SMILES string of the molecule is CCOc1cccc(C(O)CC(C)C(=O)O)c1. The fraction of sp³-hybridized carbons (Fsp3) is 0.462. The monoisotopic (exact) mass is 238 g/mol. The summed E-state index contributed by atoms with van der Waals surface area (Å²) in [5.41, 5.74) is 0.684. The zero-order chi connectivity index (χ0) is 12.8. The largest absolute Gasteiger partial charge is 0.494 e. The van der Waals surface area contributed by atoms with Crippen molar-refractivity contribution in [2.45, 2.75) is 26.4 Å². The Morgan fingerprint density at radius 3 is 2.76 bits per heavy atom. The second-order valence-electron chi connectivity index (χ2n) is 4.00. The van der Waals surface area contributed by atoms with Crippen molar-refractivity contribution in [3.8, 4) is 5.75 Å². The number of aliphatic hydroxyl groups excluding tert-OH is 1. The summed E-state index contributed by atoms with van der Waals surface area (Å²) in [6.45, 7) is 4.03. The summed E-state index contributed by atoms with van der Waals surface area (Å²) in [5.74, 6) is -0.780. The number of aliphatic hydroxyl groups is 1. The molecule has 0 radical (unpaired) electrons. The molecule has 2 N–H and O–H groups in total. The number of carbonyl (C=O) groups is 1. The van der Waals surface area contributed by atoms with Crippen LogP contribution in [0.3, 0.4) is 0 Å². The molecule has 2 unspecified atom stereocenters. The van der Waals surface area contributed by atoms with Crippen molar-refractivity contribution >= 4 is 5.97 Å². The van der Waals surface area contributed by atoms with E-state index in [0.29, 0.717) is 17.9 Å². The van der Waals surface area contributed by atoms with E-state index in [1.54, 1.807) is 31.2 Å². The van der Waals surface area contributed by atoms with Crippen molar-refractivity contribution in [2.75, 3.05) is 6.61 Å². The average molecular weight is 238 g/mol. The molecular formula is C13H18O4. The molecule has 0 aliphatic rings. The first-order valence-electron chi connectivity index (χ1n) is 5.68. The highest BCUT2D eigenvalue weighted by molar-refractivity contribution is 5.69. The number of aliphatic carboxylic acids is 1. The van der Waals surface area contributed by atoms with Crippen molar-refractivity contribution in [3.05, 3.63) is 29.8 Å². The van der Waals surface area contributed by atoms with Gasteiger partial charge in [-0.05, 0) is 31.0 Å². The van der Waals surface area contributed by atoms with Gasteiger partial charge in [0.05, 0.1) is 18.6 Å². The second-order valence-corrected chi connectivity index (χ2v) is 4.00. The molecular weight excluding hydrogens is 220 g/mol. The van der Waals surface area contributed by atoms with E-state index >= 15 is 0 Å². The van der Waals surface area contributed by atoms with E-state index in [-0.39, 0.29) is 6.42 Å². The van der Waals surface area contributed by atoms with Crippen LogP contribution >= 0.6 is 0 Å². The number of carboxylic acids is 1. The quantitative estimate of drug-likeness (QED) is 0.797. The molecule has 1 aromatic rings. The highest BCUT2D eigenvalue weighted by Crippen LogP contribution is 2.24. The van der Waals surface area contributed by atoms with Crippen LogP contribution in [-0.2, 0) is 4.79 Å². The lowest BCUT2D eigenvalue weighted by Gasteiger charge is -2.14. The highest BCUT2D eigenvalue weighted by Gasteiger charge is 2.17. The molecule has 0 aromatic heterocycles. The second kappa shape index (κ2) is 6.25. The Bertz CT molecular complexity index is 375. The molecule has 0 saturated carbocycles. The van der Waals surface area contributed by atoms with Crippen LogP contribution in [0.1, 0.15) is 31.9 Å². The van der Waals surface area contributed by atoms with E-state index in [9.17, 15) is 9.90 Å². The van der Waals surface area contributed by atoms with E-state index in [1.165, 1.54) is 0 Å². The molecule has 1 rings (SSSR count). The lowest BCUT2D eigenvalue weighted by Crippen LogP contribution is -2.13. The van der Waals surface area contributed by atoms with Gasteiger partial charge in [0, 0.05) is 0 Å². The molecule has 17 heavy (non-hydrogen) atoms. The van der Waals surface area contributed by atoms with Gasteiger partial charge in [-0.2, -0.15) is 0 Å². The number of rotatable bonds is 6. The van der Waals surface area contributed by atoms with Crippen LogP contribution in [0, 0.1) is 5.92 Å². The maximum Gasteiger partial charge on any atom is 0.306 e. The van der Waals surface area contributed by atoms with E-state index in [0.717, 1.165) is 0 Å². The van der Waals surface area contributed by atoms with Crippen molar-refractivity contribution in [1.29, 1.82) is 0 Å². The van der Waals surface area contributed by atoms with Crippen LogP contribution in [0.4, 0.5) is 0 Å². The van der Waals surface area contributed by atoms with Gasteiger partial charge in [0.25, 0.3) is 0 Å². The minimum Gasteiger partial charge on any atom is -0.494 e. The first kappa shape index (κ1) is 13.5. The van der Waals surface area contributed by atoms with Crippen LogP contribution in [-0.4, -0.2) is 22.8 Å². The standard InChI is InChI=1S/C13H18O4/c1-3-17-11-6-4-5-10(8-11)12(14)7-9(2)13(15)16/h4-6,8-9,12,14H,3,7H2,1-2H3,(H,15,16). The lowest BCUT2D eigenvalue weighted by molar-refractivity contribution is -0.142. The summed E-state index contributed by atoms with van der Waals surface area (Å²) < 4.78 is 5.32. The van der Waals surface area contributed by atoms with E-state index in [1.807, 2.05) is 6.92 Å². The van der Waals surface area contributed by atoms with Gasteiger partial charge in [-0.25, -0.2) is 0 Å². The first-order chi connectivity index (χ1) is 8.04. The normalized spacial score (nSPS) is 14.1. The molecule has 94 valence electrons. The zero-order valence-corrected chi connectivity index (χ0v) is 10.1. The molecule has 4 heteroatoms. The third kappa shape index (κ3) is 4.07. The Kier molecular flexibility index (Phi) is 4.97. The number of ether oxygens (including phenoxy) is 1. The smallest absolute Gasteiger partial charge is 0.306 e. The molecule has 0 saturated heterocycles. The Morgan fingerprint density at radius 1 is 1.47 bits per heavy atom. The Morgan fingerprint density at radius 2 is 2.18 bits per heavy atom. The van der Waals surface area contributed by atoms with Gasteiger partial charge in [-0.1, -0.05) is 19.1 Å². The molecule has 0 aliphatic heterocycles. The number of hydrogen-bond donors (Lipinski definition) is 2. The Balaban J connectivity index is 2.71. The van der Waals surface area contributed by atoms with Crippen LogP contribution < -0.4 is 4.74 Å². The topological polar surface area (TPSA) is 66.8 Å². The third-order valence-electron chi connectivity index (χ3n) is 2.55. The maximum atomic E-state index is 10.7. The van der Waals surface area contributed by atoms with Gasteiger partial charge in [-0.3, -0.25) is 4.79 Å². The summed E-state index contributed by atoms with van der Waals surface area (Å²) in [7, 11) is 0. The predicted octanol–water partition coefficient (Wildman–Crippen LogP) is 2.23. The van der Waals surface area contributed by atoms with Gasteiger partial charge in [0.1, 0.15) is 5.75 Å². The van der Waals surface area contributed by atoms with Gasteiger partial charge in [0.15, 0.2) is 0 Å². The fourth-order valence-electron chi connectivity index (χ4n) is 1.55. The van der Waals surface area contributed by atoms with Gasteiger partial charge >= 0.3 is 5.97 Å². The summed E-state index contributed by atoms with van der Waals surface area (Å²) in [4.78, 5) is 10.7. The highest BCUT2D eigenvalue weighted by atomic mass is 16.5. The van der Waals surface area contributed by atoms with E-state index < -0.39 is 18.0 Å². The van der Waals surface area contributed by atoms with Crippen LogP contribution in [0.25, 0.3) is 0 Å². The van der Waals surface area contributed by atoms with Crippen LogP contribution in [0.15, 0.2) is 24.3 Å². The number of carboxylic acid groups (broad SMARTS) is 1. The lowest BCUT2D eigenvalue weighted by atomic mass is 9.98. The van der Waals surface area contributed by atoms with E-state index in [2.05, 4.69) is 0 Å². The minimum atomic E-state index is -0.898. The van der Waals surface area contributed by atoms with Gasteiger partial charge in [0.2, 0.25) is 0 Å². The Labute approximate surface area is 101 Å². The molecule has 2 atom stereocenters. The van der Waals surface area contributed by atoms with Crippen LogP contribution in [0.5, 0.6) is 5.75 Å². The molecule has 4 nitrogen and oxygen atoms in total. The van der Waals surface area contributed by atoms with Crippen LogP contribution in [0.2, 0.25) is 0 Å². The van der Waals surface area contributed by atoms with Crippen molar-refractivity contribution in [3.63, 3.8) is 0 Å². The van der Waals surface area contributed by atoms with Gasteiger partial charge in [-0.15, -0.1) is 0 Å². The average Bonchev–Trinajstić information content (AvgIpc) is 2.29. The van der Waals surface area contributed by atoms with E-state index in [4.69, 9.17) is 9.84 Å². The molecule has 0 aliphatic carbocycles. The molecule has 0 heterocycles. The summed E-state index contributed by atoms with van der Waals surface area (Å²) in [5, 5.41) is 18.7. The summed E-state index contributed by atoms with van der Waals surface area (Å²) in [6, 6.07) is 7.10. The van der Waals surface area contributed by atoms with Crippen molar-refractivity contribution < 1.29 is 19.7 Å². The summed E-state index contributed by atoms with van der Waals surface area (Å²) in [6.07, 6.45) is -0.577. The number of benzene rings is 1. The molecule has 0 fully saturated rings.